The van der Waals surface area contributed by atoms with E-state index in [2.05, 4.69) is 11.4 Å². The summed E-state index contributed by atoms with van der Waals surface area (Å²) >= 11 is 5.76. The number of benzene rings is 1. The van der Waals surface area contributed by atoms with Crippen molar-refractivity contribution in [1.29, 1.82) is 5.26 Å². The first-order valence-corrected chi connectivity index (χ1v) is 7.15. The average Bonchev–Trinajstić information content (AvgIpc) is 2.65. The van der Waals surface area contributed by atoms with E-state index in [0.29, 0.717) is 6.54 Å². The van der Waals surface area contributed by atoms with Gasteiger partial charge in [0.1, 0.15) is 5.82 Å². The molecule has 2 nitrogen and oxygen atoms in total. The molecule has 0 aromatic heterocycles. The maximum absolute atomic E-state index is 13.1. The Hall–Kier alpha value is -1.11. The van der Waals surface area contributed by atoms with Crippen molar-refractivity contribution in [1.82, 2.24) is 5.32 Å². The molecular weight excluding hydrogens is 263 g/mol. The molecule has 1 fully saturated rings. The number of hydrogen-bond acceptors (Lipinski definition) is 2. The van der Waals surface area contributed by atoms with E-state index in [1.807, 2.05) is 0 Å². The lowest BCUT2D eigenvalue weighted by Crippen LogP contribution is -2.34. The minimum Gasteiger partial charge on any atom is -0.309 e. The summed E-state index contributed by atoms with van der Waals surface area (Å²) in [5.74, 6) is -0.312. The minimum absolute atomic E-state index is 0.0819. The van der Waals surface area contributed by atoms with Crippen molar-refractivity contribution >= 4 is 11.6 Å². The van der Waals surface area contributed by atoms with Crippen molar-refractivity contribution in [3.8, 4) is 6.07 Å². The molecule has 2 unspecified atom stereocenters. The van der Waals surface area contributed by atoms with E-state index in [4.69, 9.17) is 11.6 Å². The molecule has 0 bridgehead atoms. The van der Waals surface area contributed by atoms with Crippen LogP contribution in [0.1, 0.15) is 37.7 Å². The number of nitriles is 1. The number of halogens is 2. The summed E-state index contributed by atoms with van der Waals surface area (Å²) in [6.45, 7) is 0.628. The standard InChI is InChI=1S/C15H18ClFN2/c16-13-8-11(6-7-14(13)17)10-19-15-5-3-1-2-4-12(15)9-18/h6-8,12,15,19H,1-5,10H2. The van der Waals surface area contributed by atoms with Crippen LogP contribution in [0.25, 0.3) is 0 Å². The van der Waals surface area contributed by atoms with Gasteiger partial charge in [0.2, 0.25) is 0 Å². The lowest BCUT2D eigenvalue weighted by molar-refractivity contribution is 0.393. The fraction of sp³-hybridized carbons (Fsp3) is 0.533. The van der Waals surface area contributed by atoms with Crippen LogP contribution >= 0.6 is 11.6 Å². The number of nitrogens with one attached hydrogen (secondary N) is 1. The van der Waals surface area contributed by atoms with E-state index in [1.54, 1.807) is 12.1 Å². The summed E-state index contributed by atoms with van der Waals surface area (Å²) in [6.07, 6.45) is 5.52. The largest absolute Gasteiger partial charge is 0.309 e. The first-order valence-electron chi connectivity index (χ1n) is 6.77. The van der Waals surface area contributed by atoms with E-state index >= 15 is 0 Å². The van der Waals surface area contributed by atoms with Gasteiger partial charge in [0.25, 0.3) is 0 Å². The molecule has 1 N–H and O–H groups in total. The second-order valence-corrected chi connectivity index (χ2v) is 5.52. The Morgan fingerprint density at radius 3 is 2.84 bits per heavy atom. The van der Waals surface area contributed by atoms with Gasteiger partial charge in [0.05, 0.1) is 17.0 Å². The molecule has 2 atom stereocenters. The molecule has 0 aliphatic heterocycles. The summed E-state index contributed by atoms with van der Waals surface area (Å²) in [5.41, 5.74) is 0.951. The number of nitrogens with zero attached hydrogens (tertiary/aromatic N) is 1. The molecule has 19 heavy (non-hydrogen) atoms. The highest BCUT2D eigenvalue weighted by Gasteiger charge is 2.22. The van der Waals surface area contributed by atoms with Crippen LogP contribution in [0.2, 0.25) is 5.02 Å². The molecule has 2 rings (SSSR count). The molecule has 0 amide bonds. The van der Waals surface area contributed by atoms with Crippen LogP contribution in [0, 0.1) is 23.1 Å². The van der Waals surface area contributed by atoms with Crippen molar-refractivity contribution in [2.75, 3.05) is 0 Å². The fourth-order valence-corrected chi connectivity index (χ4v) is 2.81. The second-order valence-electron chi connectivity index (χ2n) is 5.11. The van der Waals surface area contributed by atoms with Crippen LogP contribution in [0.5, 0.6) is 0 Å². The molecule has 0 radical (unpaired) electrons. The molecule has 1 aromatic carbocycles. The normalized spacial score (nSPS) is 23.6. The Kier molecular flexibility index (Phi) is 5.18. The molecule has 0 saturated heterocycles. The highest BCUT2D eigenvalue weighted by atomic mass is 35.5. The first kappa shape index (κ1) is 14.3. The lowest BCUT2D eigenvalue weighted by atomic mass is 9.96. The molecule has 1 aliphatic carbocycles. The molecule has 0 heterocycles. The first-order chi connectivity index (χ1) is 9.20. The molecule has 1 saturated carbocycles. The number of rotatable bonds is 3. The van der Waals surface area contributed by atoms with Gasteiger partial charge >= 0.3 is 0 Å². The van der Waals surface area contributed by atoms with Crippen LogP contribution in [0.15, 0.2) is 18.2 Å². The van der Waals surface area contributed by atoms with Crippen LogP contribution in [-0.2, 0) is 6.54 Å². The SMILES string of the molecule is N#CC1CCCCCC1NCc1ccc(F)c(Cl)c1. The van der Waals surface area contributed by atoms with E-state index < -0.39 is 5.82 Å². The third-order valence-corrected chi connectivity index (χ3v) is 4.02. The summed E-state index contributed by atoms with van der Waals surface area (Å²) in [5, 5.41) is 12.8. The molecule has 102 valence electrons. The topological polar surface area (TPSA) is 35.8 Å². The smallest absolute Gasteiger partial charge is 0.141 e. The van der Waals surface area contributed by atoms with Gasteiger partial charge in [-0.3, -0.25) is 0 Å². The van der Waals surface area contributed by atoms with Crippen LogP contribution in [-0.4, -0.2) is 6.04 Å². The highest BCUT2D eigenvalue weighted by molar-refractivity contribution is 6.30. The molecule has 4 heteroatoms. The molecule has 1 aromatic rings. The highest BCUT2D eigenvalue weighted by Crippen LogP contribution is 2.23. The Morgan fingerprint density at radius 1 is 1.32 bits per heavy atom. The van der Waals surface area contributed by atoms with Gasteiger partial charge in [-0.05, 0) is 30.5 Å². The Morgan fingerprint density at radius 2 is 2.11 bits per heavy atom. The Bertz CT molecular complexity index is 470. The molecule has 1 aliphatic rings. The van der Waals surface area contributed by atoms with Gasteiger partial charge in [-0.1, -0.05) is 36.9 Å². The maximum atomic E-state index is 13.1. The van der Waals surface area contributed by atoms with E-state index in [1.165, 1.54) is 18.9 Å². The van der Waals surface area contributed by atoms with Crippen LogP contribution in [0.4, 0.5) is 4.39 Å². The Labute approximate surface area is 118 Å². The van der Waals surface area contributed by atoms with Gasteiger partial charge in [0, 0.05) is 12.6 Å². The van der Waals surface area contributed by atoms with E-state index in [9.17, 15) is 9.65 Å². The average molecular weight is 281 g/mol. The zero-order valence-electron chi connectivity index (χ0n) is 10.8. The van der Waals surface area contributed by atoms with E-state index in [0.717, 1.165) is 24.8 Å². The van der Waals surface area contributed by atoms with Gasteiger partial charge in [-0.15, -0.1) is 0 Å². The van der Waals surface area contributed by atoms with Gasteiger partial charge in [-0.2, -0.15) is 5.26 Å². The zero-order chi connectivity index (χ0) is 13.7. The quantitative estimate of drug-likeness (QED) is 0.848. The predicted octanol–water partition coefficient (Wildman–Crippen LogP) is 4.04. The summed E-state index contributed by atoms with van der Waals surface area (Å²) in [6, 6.07) is 7.39. The lowest BCUT2D eigenvalue weighted by Gasteiger charge is -2.21. The van der Waals surface area contributed by atoms with Crippen molar-refractivity contribution in [2.45, 2.75) is 44.7 Å². The minimum atomic E-state index is -0.394. The third kappa shape index (κ3) is 3.92. The summed E-state index contributed by atoms with van der Waals surface area (Å²) in [4.78, 5) is 0. The van der Waals surface area contributed by atoms with Crippen molar-refractivity contribution in [2.24, 2.45) is 5.92 Å². The van der Waals surface area contributed by atoms with E-state index in [-0.39, 0.29) is 17.0 Å². The monoisotopic (exact) mass is 280 g/mol. The van der Waals surface area contributed by atoms with Crippen molar-refractivity contribution < 1.29 is 4.39 Å². The summed E-state index contributed by atoms with van der Waals surface area (Å²) < 4.78 is 13.1. The predicted molar refractivity (Wildman–Crippen MR) is 74.2 cm³/mol. The van der Waals surface area contributed by atoms with Crippen molar-refractivity contribution in [3.05, 3.63) is 34.6 Å². The van der Waals surface area contributed by atoms with Gasteiger partial charge in [-0.25, -0.2) is 4.39 Å². The van der Waals surface area contributed by atoms with Gasteiger partial charge in [0.15, 0.2) is 0 Å². The molecule has 0 spiro atoms. The third-order valence-electron chi connectivity index (χ3n) is 3.73. The zero-order valence-corrected chi connectivity index (χ0v) is 11.6. The van der Waals surface area contributed by atoms with Crippen LogP contribution in [0.3, 0.4) is 0 Å². The number of hydrogen-bond donors (Lipinski definition) is 1. The van der Waals surface area contributed by atoms with Gasteiger partial charge < -0.3 is 5.32 Å². The van der Waals surface area contributed by atoms with Crippen molar-refractivity contribution in [3.63, 3.8) is 0 Å². The maximum Gasteiger partial charge on any atom is 0.141 e. The molecular formula is C15H18ClFN2. The fourth-order valence-electron chi connectivity index (χ4n) is 2.61. The summed E-state index contributed by atoms with van der Waals surface area (Å²) in [7, 11) is 0. The van der Waals surface area contributed by atoms with Crippen LogP contribution < -0.4 is 5.32 Å². The Balaban J connectivity index is 1.96. The second kappa shape index (κ2) is 6.88.